The maximum absolute atomic E-state index is 11.0. The van der Waals surface area contributed by atoms with Crippen molar-refractivity contribution in [3.8, 4) is 22.8 Å². The summed E-state index contributed by atoms with van der Waals surface area (Å²) in [5.41, 5.74) is 3.08. The van der Waals surface area contributed by atoms with Crippen LogP contribution in [0, 0.1) is 0 Å². The molecule has 0 spiro atoms. The minimum atomic E-state index is -0.797. The van der Waals surface area contributed by atoms with Gasteiger partial charge in [0.2, 0.25) is 0 Å². The number of carbonyl (C=O) groups is 1. The minimum absolute atomic E-state index is 0.103. The molecule has 2 aromatic carbocycles. The summed E-state index contributed by atoms with van der Waals surface area (Å²) in [5.74, 6) is 0.826. The molecule has 0 atom stereocenters. The zero-order valence-corrected chi connectivity index (χ0v) is 15.3. The number of aromatic nitrogens is 1. The van der Waals surface area contributed by atoms with E-state index in [1.165, 1.54) is 0 Å². The van der Waals surface area contributed by atoms with Gasteiger partial charge in [0.05, 0.1) is 20.1 Å². The number of hydrogen-bond donors (Lipinski definition) is 1. The van der Waals surface area contributed by atoms with Gasteiger partial charge in [0.1, 0.15) is 18.1 Å². The molecule has 0 radical (unpaired) electrons. The molecule has 5 nitrogen and oxygen atoms in total. The van der Waals surface area contributed by atoms with Gasteiger partial charge >= 0.3 is 5.97 Å². The van der Waals surface area contributed by atoms with Gasteiger partial charge in [-0.15, -0.1) is 0 Å². The van der Waals surface area contributed by atoms with Crippen molar-refractivity contribution in [2.45, 2.75) is 19.4 Å². The Morgan fingerprint density at radius 1 is 0.963 bits per heavy atom. The van der Waals surface area contributed by atoms with E-state index in [0.717, 1.165) is 28.5 Å². The van der Waals surface area contributed by atoms with Crippen molar-refractivity contribution in [2.24, 2.45) is 0 Å². The fraction of sp³-hybridized carbons (Fsp3) is 0.227. The topological polar surface area (TPSA) is 60.7 Å². The summed E-state index contributed by atoms with van der Waals surface area (Å²) >= 11 is 0. The number of carboxylic acids is 1. The molecule has 0 unspecified atom stereocenters. The van der Waals surface area contributed by atoms with E-state index in [1.54, 1.807) is 7.11 Å². The van der Waals surface area contributed by atoms with E-state index in [-0.39, 0.29) is 6.42 Å². The molecule has 1 aromatic heterocycles. The largest absolute Gasteiger partial charge is 0.497 e. The number of aliphatic carboxylic acids is 1. The number of ether oxygens (including phenoxy) is 2. The first-order chi connectivity index (χ1) is 13.2. The van der Waals surface area contributed by atoms with Crippen LogP contribution in [0.25, 0.3) is 11.3 Å². The predicted molar refractivity (Wildman–Crippen MR) is 104 cm³/mol. The Morgan fingerprint density at radius 2 is 1.70 bits per heavy atom. The molecule has 3 aromatic rings. The molecule has 0 saturated carbocycles. The van der Waals surface area contributed by atoms with E-state index in [4.69, 9.17) is 14.6 Å². The molecule has 0 aliphatic heterocycles. The molecule has 0 amide bonds. The van der Waals surface area contributed by atoms with Crippen molar-refractivity contribution >= 4 is 5.97 Å². The van der Waals surface area contributed by atoms with E-state index < -0.39 is 5.97 Å². The van der Waals surface area contributed by atoms with Gasteiger partial charge in [-0.05, 0) is 60.5 Å². The molecule has 0 bridgehead atoms. The normalized spacial score (nSPS) is 10.6. The number of para-hydroxylation sites is 1. The van der Waals surface area contributed by atoms with Crippen molar-refractivity contribution in [2.75, 3.05) is 13.7 Å². The Kier molecular flexibility index (Phi) is 6.15. The average molecular weight is 365 g/mol. The summed E-state index contributed by atoms with van der Waals surface area (Å²) in [6.07, 6.45) is 0.586. The third kappa shape index (κ3) is 4.91. The summed E-state index contributed by atoms with van der Waals surface area (Å²) in [4.78, 5) is 11.0. The Hall–Kier alpha value is -3.21. The molecule has 0 saturated heterocycles. The Morgan fingerprint density at radius 3 is 2.37 bits per heavy atom. The Bertz CT molecular complexity index is 869. The third-order valence-electron chi connectivity index (χ3n) is 4.38. The van der Waals surface area contributed by atoms with E-state index in [0.29, 0.717) is 19.6 Å². The molecule has 1 heterocycles. The van der Waals surface area contributed by atoms with Crippen LogP contribution < -0.4 is 9.47 Å². The average Bonchev–Trinajstić information content (AvgIpc) is 3.10. The van der Waals surface area contributed by atoms with Gasteiger partial charge in [-0.3, -0.25) is 4.79 Å². The molecule has 27 heavy (non-hydrogen) atoms. The van der Waals surface area contributed by atoms with Gasteiger partial charge in [-0.1, -0.05) is 18.2 Å². The van der Waals surface area contributed by atoms with E-state index >= 15 is 0 Å². The molecular formula is C22H23NO4. The van der Waals surface area contributed by atoms with E-state index in [9.17, 15) is 4.79 Å². The van der Waals surface area contributed by atoms with Crippen molar-refractivity contribution in [1.82, 2.24) is 4.57 Å². The Balaban J connectivity index is 1.80. The van der Waals surface area contributed by atoms with E-state index in [1.807, 2.05) is 66.7 Å². The van der Waals surface area contributed by atoms with Gasteiger partial charge in [0, 0.05) is 11.4 Å². The smallest absolute Gasteiger partial charge is 0.303 e. The maximum Gasteiger partial charge on any atom is 0.303 e. The van der Waals surface area contributed by atoms with Crippen LogP contribution in [0.4, 0.5) is 0 Å². The third-order valence-corrected chi connectivity index (χ3v) is 4.38. The highest BCUT2D eigenvalue weighted by molar-refractivity contribution is 5.67. The fourth-order valence-electron chi connectivity index (χ4n) is 3.01. The molecular weight excluding hydrogens is 342 g/mol. The number of methoxy groups -OCH3 is 1. The van der Waals surface area contributed by atoms with Crippen LogP contribution >= 0.6 is 0 Å². The SMILES string of the molecule is COc1ccc(-c2ccc(CCC(=O)O)n2CCOc2ccccc2)cc1. The first-order valence-electron chi connectivity index (χ1n) is 8.90. The molecule has 0 fully saturated rings. The highest BCUT2D eigenvalue weighted by Gasteiger charge is 2.12. The lowest BCUT2D eigenvalue weighted by molar-refractivity contribution is -0.136. The molecule has 3 rings (SSSR count). The van der Waals surface area contributed by atoms with Gasteiger partial charge < -0.3 is 19.1 Å². The van der Waals surface area contributed by atoms with Gasteiger partial charge in [-0.25, -0.2) is 0 Å². The quantitative estimate of drug-likeness (QED) is 0.615. The summed E-state index contributed by atoms with van der Waals surface area (Å²) in [5, 5.41) is 9.02. The highest BCUT2D eigenvalue weighted by atomic mass is 16.5. The van der Waals surface area contributed by atoms with Crippen molar-refractivity contribution < 1.29 is 19.4 Å². The molecule has 0 aliphatic rings. The number of carboxylic acid groups (broad SMARTS) is 1. The van der Waals surface area contributed by atoms with Crippen LogP contribution in [0.3, 0.4) is 0 Å². The first kappa shape index (κ1) is 18.6. The number of aryl methyl sites for hydroxylation is 1. The second-order valence-corrected chi connectivity index (χ2v) is 6.15. The second kappa shape index (κ2) is 8.94. The summed E-state index contributed by atoms with van der Waals surface area (Å²) < 4.78 is 13.2. The lowest BCUT2D eigenvalue weighted by Gasteiger charge is -2.15. The molecule has 5 heteroatoms. The van der Waals surface area contributed by atoms with Gasteiger partial charge in [-0.2, -0.15) is 0 Å². The van der Waals surface area contributed by atoms with Gasteiger partial charge in [0.25, 0.3) is 0 Å². The number of rotatable bonds is 9. The van der Waals surface area contributed by atoms with Crippen LogP contribution in [0.5, 0.6) is 11.5 Å². The fourth-order valence-corrected chi connectivity index (χ4v) is 3.01. The summed E-state index contributed by atoms with van der Waals surface area (Å²) in [6, 6.07) is 21.5. The van der Waals surface area contributed by atoms with Gasteiger partial charge in [0.15, 0.2) is 0 Å². The zero-order chi connectivity index (χ0) is 19.1. The summed E-state index contributed by atoms with van der Waals surface area (Å²) in [7, 11) is 1.64. The van der Waals surface area contributed by atoms with Crippen LogP contribution in [-0.2, 0) is 17.8 Å². The predicted octanol–water partition coefficient (Wildman–Crippen LogP) is 4.26. The minimum Gasteiger partial charge on any atom is -0.497 e. The molecule has 140 valence electrons. The van der Waals surface area contributed by atoms with Crippen LogP contribution in [0.1, 0.15) is 12.1 Å². The first-order valence-corrected chi connectivity index (χ1v) is 8.90. The maximum atomic E-state index is 11.0. The van der Waals surface area contributed by atoms with Crippen molar-refractivity contribution in [3.05, 3.63) is 72.4 Å². The monoisotopic (exact) mass is 365 g/mol. The van der Waals surface area contributed by atoms with E-state index in [2.05, 4.69) is 4.57 Å². The highest BCUT2D eigenvalue weighted by Crippen LogP contribution is 2.26. The zero-order valence-electron chi connectivity index (χ0n) is 15.3. The standard InChI is InChI=1S/C22H23NO4/c1-26-19-11-7-17(8-12-19)21-13-9-18(10-14-22(24)25)23(21)15-16-27-20-5-3-2-4-6-20/h2-9,11-13H,10,14-16H2,1H3,(H,24,25). The van der Waals surface area contributed by atoms with Crippen LogP contribution in [-0.4, -0.2) is 29.4 Å². The van der Waals surface area contributed by atoms with Crippen LogP contribution in [0.15, 0.2) is 66.7 Å². The lowest BCUT2D eigenvalue weighted by atomic mass is 10.1. The lowest BCUT2D eigenvalue weighted by Crippen LogP contribution is -2.13. The number of nitrogens with zero attached hydrogens (tertiary/aromatic N) is 1. The molecule has 0 aliphatic carbocycles. The number of benzene rings is 2. The Labute approximate surface area is 158 Å². The molecule has 1 N–H and O–H groups in total. The van der Waals surface area contributed by atoms with Crippen LogP contribution in [0.2, 0.25) is 0 Å². The second-order valence-electron chi connectivity index (χ2n) is 6.15. The summed E-state index contributed by atoms with van der Waals surface area (Å²) in [6.45, 7) is 1.14. The van der Waals surface area contributed by atoms with Crippen molar-refractivity contribution in [3.63, 3.8) is 0 Å². The number of hydrogen-bond acceptors (Lipinski definition) is 3. The van der Waals surface area contributed by atoms with Crippen molar-refractivity contribution in [1.29, 1.82) is 0 Å².